The molecule has 0 amide bonds. The standard InChI is InChI=1S/C20H20N2/c1-15-12-16(2)20(13-15)19-11-7-6-8-17(19)14-21-22-18-9-4-3-5-10-18/h3-12H,13-14H2,1-2H3. The van der Waals surface area contributed by atoms with Gasteiger partial charge in [0.25, 0.3) is 0 Å². The molecule has 0 spiro atoms. The van der Waals surface area contributed by atoms with Gasteiger partial charge in [0.15, 0.2) is 0 Å². The first kappa shape index (κ1) is 14.5. The molecular weight excluding hydrogens is 268 g/mol. The van der Waals surface area contributed by atoms with Gasteiger partial charge in [-0.25, -0.2) is 0 Å². The van der Waals surface area contributed by atoms with Gasteiger partial charge in [-0.1, -0.05) is 54.1 Å². The molecule has 0 unspecified atom stereocenters. The molecule has 2 heteroatoms. The molecule has 2 aromatic rings. The predicted octanol–water partition coefficient (Wildman–Crippen LogP) is 6.09. The molecular formula is C20H20N2. The highest BCUT2D eigenvalue weighted by molar-refractivity contribution is 5.77. The fourth-order valence-corrected chi connectivity index (χ4v) is 2.87. The summed E-state index contributed by atoms with van der Waals surface area (Å²) in [6.07, 6.45) is 3.32. The van der Waals surface area contributed by atoms with Gasteiger partial charge in [0.05, 0.1) is 12.2 Å². The zero-order chi connectivity index (χ0) is 15.4. The van der Waals surface area contributed by atoms with Crippen LogP contribution < -0.4 is 0 Å². The third kappa shape index (κ3) is 3.22. The van der Waals surface area contributed by atoms with Gasteiger partial charge >= 0.3 is 0 Å². The molecule has 0 fully saturated rings. The Morgan fingerprint density at radius 1 is 0.909 bits per heavy atom. The molecule has 0 saturated heterocycles. The first-order chi connectivity index (χ1) is 10.7. The third-order valence-corrected chi connectivity index (χ3v) is 3.92. The van der Waals surface area contributed by atoms with E-state index in [1.165, 1.54) is 27.8 Å². The van der Waals surface area contributed by atoms with Gasteiger partial charge in [-0.15, -0.1) is 0 Å². The molecule has 0 radical (unpaired) electrons. The maximum absolute atomic E-state index is 4.37. The lowest BCUT2D eigenvalue weighted by atomic mass is 9.96. The molecule has 0 aromatic heterocycles. The topological polar surface area (TPSA) is 24.7 Å². The van der Waals surface area contributed by atoms with Crippen molar-refractivity contribution >= 4 is 11.3 Å². The van der Waals surface area contributed by atoms with Gasteiger partial charge in [0, 0.05) is 0 Å². The second kappa shape index (κ2) is 6.52. The Morgan fingerprint density at radius 2 is 1.64 bits per heavy atom. The highest BCUT2D eigenvalue weighted by Gasteiger charge is 2.14. The first-order valence-corrected chi connectivity index (χ1v) is 7.62. The van der Waals surface area contributed by atoms with Crippen molar-refractivity contribution in [1.82, 2.24) is 0 Å². The Bertz CT molecular complexity index is 752. The summed E-state index contributed by atoms with van der Waals surface area (Å²) < 4.78 is 0. The van der Waals surface area contributed by atoms with Crippen LogP contribution in [-0.2, 0) is 6.54 Å². The van der Waals surface area contributed by atoms with Crippen LogP contribution in [0.25, 0.3) is 5.57 Å². The normalized spacial score (nSPS) is 14.7. The summed E-state index contributed by atoms with van der Waals surface area (Å²) in [6.45, 7) is 4.99. The average molecular weight is 288 g/mol. The Hall–Kier alpha value is -2.48. The van der Waals surface area contributed by atoms with Crippen molar-refractivity contribution in [3.63, 3.8) is 0 Å². The fraction of sp³-hybridized carbons (Fsp3) is 0.200. The van der Waals surface area contributed by atoms with Gasteiger partial charge in [-0.2, -0.15) is 10.2 Å². The molecule has 0 aliphatic heterocycles. The number of benzene rings is 2. The molecule has 2 aromatic carbocycles. The Kier molecular flexibility index (Phi) is 4.29. The quantitative estimate of drug-likeness (QED) is 0.608. The number of azo groups is 1. The zero-order valence-corrected chi connectivity index (χ0v) is 13.1. The van der Waals surface area contributed by atoms with Crippen LogP contribution in [0.3, 0.4) is 0 Å². The second-order valence-corrected chi connectivity index (χ2v) is 5.72. The summed E-state index contributed by atoms with van der Waals surface area (Å²) in [5.74, 6) is 0. The minimum atomic E-state index is 0.612. The second-order valence-electron chi connectivity index (χ2n) is 5.72. The largest absolute Gasteiger partial charge is 0.184 e. The van der Waals surface area contributed by atoms with E-state index in [0.717, 1.165) is 12.1 Å². The summed E-state index contributed by atoms with van der Waals surface area (Å²) in [7, 11) is 0. The summed E-state index contributed by atoms with van der Waals surface area (Å²) in [4.78, 5) is 0. The highest BCUT2D eigenvalue weighted by Crippen LogP contribution is 2.34. The minimum absolute atomic E-state index is 0.612. The molecule has 3 rings (SSSR count). The van der Waals surface area contributed by atoms with E-state index in [4.69, 9.17) is 0 Å². The van der Waals surface area contributed by atoms with Crippen LogP contribution in [0.1, 0.15) is 31.4 Å². The van der Waals surface area contributed by atoms with E-state index in [1.54, 1.807) is 0 Å². The number of rotatable bonds is 4. The Balaban J connectivity index is 1.81. The van der Waals surface area contributed by atoms with E-state index in [9.17, 15) is 0 Å². The molecule has 2 nitrogen and oxygen atoms in total. The van der Waals surface area contributed by atoms with Gasteiger partial charge in [-0.3, -0.25) is 0 Å². The third-order valence-electron chi connectivity index (χ3n) is 3.92. The van der Waals surface area contributed by atoms with Crippen molar-refractivity contribution in [2.24, 2.45) is 10.2 Å². The lowest BCUT2D eigenvalue weighted by Gasteiger charge is -2.10. The zero-order valence-electron chi connectivity index (χ0n) is 13.1. The van der Waals surface area contributed by atoms with E-state index in [-0.39, 0.29) is 0 Å². The van der Waals surface area contributed by atoms with Gasteiger partial charge in [-0.05, 0) is 54.7 Å². The van der Waals surface area contributed by atoms with Crippen molar-refractivity contribution in [3.8, 4) is 0 Å². The van der Waals surface area contributed by atoms with Gasteiger partial charge < -0.3 is 0 Å². The molecule has 0 bridgehead atoms. The van der Waals surface area contributed by atoms with Gasteiger partial charge in [0.2, 0.25) is 0 Å². The monoisotopic (exact) mass is 288 g/mol. The maximum atomic E-state index is 4.37. The van der Waals surface area contributed by atoms with Gasteiger partial charge in [0.1, 0.15) is 0 Å². The number of hydrogen-bond donors (Lipinski definition) is 0. The highest BCUT2D eigenvalue weighted by atomic mass is 15.1. The van der Waals surface area contributed by atoms with Crippen molar-refractivity contribution < 1.29 is 0 Å². The molecule has 0 saturated carbocycles. The lowest BCUT2D eigenvalue weighted by molar-refractivity contribution is 0.954. The Morgan fingerprint density at radius 3 is 2.36 bits per heavy atom. The summed E-state index contributed by atoms with van der Waals surface area (Å²) in [6, 6.07) is 18.4. The number of nitrogens with zero attached hydrogens (tertiary/aromatic N) is 2. The van der Waals surface area contributed by atoms with Crippen molar-refractivity contribution in [2.75, 3.05) is 0 Å². The van der Waals surface area contributed by atoms with E-state index in [1.807, 2.05) is 30.3 Å². The molecule has 22 heavy (non-hydrogen) atoms. The predicted molar refractivity (Wildman–Crippen MR) is 92.1 cm³/mol. The number of allylic oxidation sites excluding steroid dienone is 4. The van der Waals surface area contributed by atoms with E-state index < -0.39 is 0 Å². The fourth-order valence-electron chi connectivity index (χ4n) is 2.87. The van der Waals surface area contributed by atoms with Crippen molar-refractivity contribution in [2.45, 2.75) is 26.8 Å². The summed E-state index contributed by atoms with van der Waals surface area (Å²) >= 11 is 0. The molecule has 1 aliphatic carbocycles. The summed E-state index contributed by atoms with van der Waals surface area (Å²) in [5.41, 5.74) is 7.65. The van der Waals surface area contributed by atoms with E-state index in [0.29, 0.717) is 6.54 Å². The Labute approximate surface area is 131 Å². The van der Waals surface area contributed by atoms with E-state index >= 15 is 0 Å². The first-order valence-electron chi connectivity index (χ1n) is 7.62. The van der Waals surface area contributed by atoms with Crippen LogP contribution in [0.15, 0.2) is 82.0 Å². The molecule has 0 heterocycles. The van der Waals surface area contributed by atoms with Crippen LogP contribution in [0.5, 0.6) is 0 Å². The molecule has 1 aliphatic rings. The van der Waals surface area contributed by atoms with E-state index in [2.05, 4.69) is 54.4 Å². The molecule has 0 atom stereocenters. The van der Waals surface area contributed by atoms with Crippen molar-refractivity contribution in [1.29, 1.82) is 0 Å². The lowest BCUT2D eigenvalue weighted by Crippen LogP contribution is -1.92. The minimum Gasteiger partial charge on any atom is -0.184 e. The smallest absolute Gasteiger partial charge is 0.0859 e. The van der Waals surface area contributed by atoms with Crippen LogP contribution in [-0.4, -0.2) is 0 Å². The SMILES string of the molecule is CC1=CC(C)=C(c2ccccc2CN=Nc2ccccc2)C1. The summed E-state index contributed by atoms with van der Waals surface area (Å²) in [5, 5.41) is 8.67. The average Bonchev–Trinajstić information content (AvgIpc) is 2.87. The van der Waals surface area contributed by atoms with Crippen LogP contribution >= 0.6 is 0 Å². The van der Waals surface area contributed by atoms with Crippen LogP contribution in [0, 0.1) is 0 Å². The maximum Gasteiger partial charge on any atom is 0.0859 e. The van der Waals surface area contributed by atoms with Crippen LogP contribution in [0.2, 0.25) is 0 Å². The van der Waals surface area contributed by atoms with Crippen LogP contribution in [0.4, 0.5) is 5.69 Å². The number of hydrogen-bond acceptors (Lipinski definition) is 2. The molecule has 0 N–H and O–H groups in total. The van der Waals surface area contributed by atoms with Crippen molar-refractivity contribution in [3.05, 3.63) is 82.9 Å². The molecule has 110 valence electrons.